The van der Waals surface area contributed by atoms with Crippen LogP contribution in [-0.4, -0.2) is 41.4 Å². The van der Waals surface area contributed by atoms with E-state index in [0.717, 1.165) is 31.5 Å². The summed E-state index contributed by atoms with van der Waals surface area (Å²) in [5, 5.41) is 16.7. The molecule has 1 aliphatic rings. The maximum atomic E-state index is 13.3. The van der Waals surface area contributed by atoms with E-state index in [2.05, 4.69) is 10.6 Å². The van der Waals surface area contributed by atoms with Crippen LogP contribution in [0, 0.1) is 5.92 Å². The van der Waals surface area contributed by atoms with Gasteiger partial charge < -0.3 is 25.0 Å². The highest BCUT2D eigenvalue weighted by molar-refractivity contribution is 5.92. The summed E-state index contributed by atoms with van der Waals surface area (Å²) in [4.78, 5) is 37.8. The standard InChI is InChI=1S/C27H31N3O5/c31-25-21-9-4-5-10-23(21)30(24(26(32)33)22(25)17-19-11-14-28-15-12-19)16-6-13-29-27(34)35-18-20-7-2-1-3-8-20/h1-5,7-10,19,28H,6,11-18H2,(H,29,34)(H,32,33). The second kappa shape index (κ2) is 11.7. The van der Waals surface area contributed by atoms with Gasteiger partial charge in [0.15, 0.2) is 5.43 Å². The largest absolute Gasteiger partial charge is 0.477 e. The van der Waals surface area contributed by atoms with Crippen LogP contribution in [0.3, 0.4) is 0 Å². The fourth-order valence-electron chi connectivity index (χ4n) is 4.70. The van der Waals surface area contributed by atoms with Crippen molar-refractivity contribution in [3.05, 3.63) is 81.6 Å². The van der Waals surface area contributed by atoms with Gasteiger partial charge >= 0.3 is 12.1 Å². The Balaban J connectivity index is 1.49. The Morgan fingerprint density at radius 1 is 1.06 bits per heavy atom. The molecule has 4 rings (SSSR count). The number of alkyl carbamates (subject to hydrolysis) is 1. The van der Waals surface area contributed by atoms with E-state index in [0.29, 0.717) is 42.4 Å². The van der Waals surface area contributed by atoms with E-state index in [1.165, 1.54) is 0 Å². The highest BCUT2D eigenvalue weighted by Gasteiger charge is 2.25. The summed E-state index contributed by atoms with van der Waals surface area (Å²) in [6, 6.07) is 16.5. The average Bonchev–Trinajstić information content (AvgIpc) is 2.88. The third kappa shape index (κ3) is 6.08. The first-order valence-electron chi connectivity index (χ1n) is 12.1. The molecular formula is C27H31N3O5. The van der Waals surface area contributed by atoms with Gasteiger partial charge in [0.05, 0.1) is 5.52 Å². The second-order valence-electron chi connectivity index (χ2n) is 8.87. The second-order valence-corrected chi connectivity index (χ2v) is 8.87. The van der Waals surface area contributed by atoms with Gasteiger partial charge in [-0.05, 0) is 62.4 Å². The number of carbonyl (C=O) groups excluding carboxylic acids is 1. The molecule has 0 atom stereocenters. The van der Waals surface area contributed by atoms with Crippen molar-refractivity contribution in [1.82, 2.24) is 15.2 Å². The maximum absolute atomic E-state index is 13.3. The van der Waals surface area contributed by atoms with Gasteiger partial charge in [0.25, 0.3) is 0 Å². The number of carboxylic acid groups (broad SMARTS) is 1. The molecule has 8 nitrogen and oxygen atoms in total. The van der Waals surface area contributed by atoms with Crippen LogP contribution in [0.4, 0.5) is 4.79 Å². The Labute approximate surface area is 203 Å². The van der Waals surface area contributed by atoms with Crippen molar-refractivity contribution in [2.24, 2.45) is 5.92 Å². The van der Waals surface area contributed by atoms with E-state index in [1.54, 1.807) is 28.8 Å². The molecule has 8 heteroatoms. The molecule has 0 radical (unpaired) electrons. The first-order valence-corrected chi connectivity index (χ1v) is 12.1. The number of hydrogen-bond donors (Lipinski definition) is 3. The molecule has 1 amide bonds. The van der Waals surface area contributed by atoms with Crippen LogP contribution in [0.2, 0.25) is 0 Å². The monoisotopic (exact) mass is 477 g/mol. The van der Waals surface area contributed by atoms with Gasteiger partial charge in [-0.1, -0.05) is 42.5 Å². The lowest BCUT2D eigenvalue weighted by atomic mass is 9.89. The number of aromatic nitrogens is 1. The van der Waals surface area contributed by atoms with Gasteiger partial charge in [0.2, 0.25) is 0 Å². The molecule has 0 saturated carbocycles. The number of carboxylic acids is 1. The van der Waals surface area contributed by atoms with E-state index in [9.17, 15) is 19.5 Å². The molecule has 2 heterocycles. The minimum Gasteiger partial charge on any atom is -0.477 e. The van der Waals surface area contributed by atoms with Crippen molar-refractivity contribution >= 4 is 23.0 Å². The molecule has 3 aromatic rings. The number of ether oxygens (including phenoxy) is 1. The molecule has 1 saturated heterocycles. The number of amides is 1. The summed E-state index contributed by atoms with van der Waals surface area (Å²) in [5.41, 5.74) is 1.72. The molecule has 0 unspecified atom stereocenters. The predicted molar refractivity (Wildman–Crippen MR) is 134 cm³/mol. The molecule has 184 valence electrons. The minimum atomic E-state index is -1.10. The van der Waals surface area contributed by atoms with Gasteiger partial charge in [0.1, 0.15) is 12.3 Å². The fraction of sp³-hybridized carbons (Fsp3) is 0.370. The summed E-state index contributed by atoms with van der Waals surface area (Å²) in [6.45, 7) is 2.60. The highest BCUT2D eigenvalue weighted by atomic mass is 16.5. The number of fused-ring (bicyclic) bond motifs is 1. The quantitative estimate of drug-likeness (QED) is 0.407. The van der Waals surface area contributed by atoms with Crippen molar-refractivity contribution in [3.8, 4) is 0 Å². The Hall–Kier alpha value is -3.65. The Kier molecular flexibility index (Phi) is 8.15. The lowest BCUT2D eigenvalue weighted by molar-refractivity contribution is 0.0682. The van der Waals surface area contributed by atoms with Crippen LogP contribution in [0.5, 0.6) is 0 Å². The average molecular weight is 478 g/mol. The molecule has 0 aliphatic carbocycles. The summed E-state index contributed by atoms with van der Waals surface area (Å²) >= 11 is 0. The predicted octanol–water partition coefficient (Wildman–Crippen LogP) is 3.56. The number of piperidine rings is 1. The normalized spacial score (nSPS) is 14.1. The molecule has 0 spiro atoms. The van der Waals surface area contributed by atoms with E-state index < -0.39 is 12.1 Å². The van der Waals surface area contributed by atoms with Crippen molar-refractivity contribution in [3.63, 3.8) is 0 Å². The number of rotatable bonds is 9. The number of pyridine rings is 1. The number of para-hydroxylation sites is 1. The fourth-order valence-corrected chi connectivity index (χ4v) is 4.70. The number of carbonyl (C=O) groups is 2. The number of aryl methyl sites for hydroxylation is 1. The maximum Gasteiger partial charge on any atom is 0.407 e. The highest BCUT2D eigenvalue weighted by Crippen LogP contribution is 2.23. The topological polar surface area (TPSA) is 110 Å². The van der Waals surface area contributed by atoms with Crippen LogP contribution in [-0.2, 0) is 24.3 Å². The van der Waals surface area contributed by atoms with Gasteiger partial charge in [-0.3, -0.25) is 4.79 Å². The number of hydrogen-bond acceptors (Lipinski definition) is 5. The molecule has 1 fully saturated rings. The van der Waals surface area contributed by atoms with E-state index in [4.69, 9.17) is 4.74 Å². The molecule has 3 N–H and O–H groups in total. The first-order chi connectivity index (χ1) is 17.0. The molecule has 35 heavy (non-hydrogen) atoms. The lowest BCUT2D eigenvalue weighted by Gasteiger charge is -2.24. The van der Waals surface area contributed by atoms with Crippen LogP contribution >= 0.6 is 0 Å². The molecule has 2 aromatic carbocycles. The molecule has 0 bridgehead atoms. The van der Waals surface area contributed by atoms with Gasteiger partial charge in [-0.25, -0.2) is 9.59 Å². The lowest BCUT2D eigenvalue weighted by Crippen LogP contribution is -2.32. The third-order valence-electron chi connectivity index (χ3n) is 6.46. The smallest absolute Gasteiger partial charge is 0.407 e. The molecule has 1 aliphatic heterocycles. The van der Waals surface area contributed by atoms with Crippen LogP contribution in [0.15, 0.2) is 59.4 Å². The Bertz CT molecular complexity index is 1230. The summed E-state index contributed by atoms with van der Waals surface area (Å²) in [6.07, 6.45) is 2.25. The van der Waals surface area contributed by atoms with Crippen molar-refractivity contribution < 1.29 is 19.4 Å². The Morgan fingerprint density at radius 3 is 2.51 bits per heavy atom. The van der Waals surface area contributed by atoms with Gasteiger partial charge in [-0.15, -0.1) is 0 Å². The zero-order chi connectivity index (χ0) is 24.6. The van der Waals surface area contributed by atoms with Crippen molar-refractivity contribution in [2.45, 2.75) is 38.8 Å². The van der Waals surface area contributed by atoms with Crippen LogP contribution in [0.25, 0.3) is 10.9 Å². The molecular weight excluding hydrogens is 446 g/mol. The van der Waals surface area contributed by atoms with Gasteiger partial charge in [0, 0.05) is 24.0 Å². The number of nitrogens with zero attached hydrogens (tertiary/aromatic N) is 1. The van der Waals surface area contributed by atoms with E-state index in [1.807, 2.05) is 30.3 Å². The van der Waals surface area contributed by atoms with Crippen LogP contribution < -0.4 is 16.1 Å². The minimum absolute atomic E-state index is 0.0545. The summed E-state index contributed by atoms with van der Waals surface area (Å²) in [5.74, 6) is -0.829. The van der Waals surface area contributed by atoms with Crippen molar-refractivity contribution in [1.29, 1.82) is 0 Å². The number of nitrogens with one attached hydrogen (secondary N) is 2. The summed E-state index contributed by atoms with van der Waals surface area (Å²) in [7, 11) is 0. The Morgan fingerprint density at radius 2 is 1.77 bits per heavy atom. The summed E-state index contributed by atoms with van der Waals surface area (Å²) < 4.78 is 6.95. The number of aromatic carboxylic acids is 1. The number of benzene rings is 2. The van der Waals surface area contributed by atoms with Crippen molar-refractivity contribution in [2.75, 3.05) is 19.6 Å². The molecule has 1 aromatic heterocycles. The first kappa shape index (κ1) is 24.5. The zero-order valence-corrected chi connectivity index (χ0v) is 19.7. The van der Waals surface area contributed by atoms with Gasteiger partial charge in [-0.2, -0.15) is 0 Å². The van der Waals surface area contributed by atoms with E-state index >= 15 is 0 Å². The SMILES string of the molecule is O=C(NCCCn1c(C(=O)O)c(CC2CCNCC2)c(=O)c2ccccc21)OCc1ccccc1. The zero-order valence-electron chi connectivity index (χ0n) is 19.7. The third-order valence-corrected chi connectivity index (χ3v) is 6.46. The van der Waals surface area contributed by atoms with Crippen LogP contribution in [0.1, 0.15) is 40.9 Å². The van der Waals surface area contributed by atoms with E-state index in [-0.39, 0.29) is 23.6 Å².